The predicted octanol–water partition coefficient (Wildman–Crippen LogP) is -0.750. The van der Waals surface area contributed by atoms with Gasteiger partial charge >= 0.3 is 0 Å². The molecule has 0 aromatic rings. The van der Waals surface area contributed by atoms with E-state index in [1.54, 1.807) is 4.90 Å². The maximum atomic E-state index is 11.8. The van der Waals surface area contributed by atoms with Gasteiger partial charge in [-0.3, -0.25) is 9.69 Å². The topological polar surface area (TPSA) is 69.8 Å². The van der Waals surface area contributed by atoms with Crippen LogP contribution in [0.25, 0.3) is 0 Å². The summed E-state index contributed by atoms with van der Waals surface area (Å²) >= 11 is 0. The van der Waals surface area contributed by atoms with Crippen LogP contribution in [0, 0.1) is 0 Å². The van der Waals surface area contributed by atoms with Gasteiger partial charge in [0.2, 0.25) is 5.91 Å². The minimum Gasteiger partial charge on any atom is -0.395 e. The van der Waals surface area contributed by atoms with Gasteiger partial charge in [0, 0.05) is 19.6 Å². The molecule has 1 atom stereocenters. The number of aliphatic hydroxyl groups is 1. The van der Waals surface area contributed by atoms with Crippen LogP contribution in [0.1, 0.15) is 19.3 Å². The number of hydrogen-bond acceptors (Lipinski definition) is 4. The van der Waals surface area contributed by atoms with Gasteiger partial charge in [-0.1, -0.05) is 0 Å². The molecule has 1 saturated heterocycles. The van der Waals surface area contributed by atoms with E-state index in [1.807, 2.05) is 7.05 Å². The second-order valence-corrected chi connectivity index (χ2v) is 4.41. The van der Waals surface area contributed by atoms with Crippen molar-refractivity contribution >= 4 is 5.91 Å². The monoisotopic (exact) mass is 229 g/mol. The Balaban J connectivity index is 2.32. The Hall–Kier alpha value is -0.650. The Morgan fingerprint density at radius 3 is 3.00 bits per heavy atom. The molecule has 5 nitrogen and oxygen atoms in total. The molecule has 1 rings (SSSR count). The van der Waals surface area contributed by atoms with Crippen molar-refractivity contribution in [1.82, 2.24) is 9.80 Å². The molecule has 1 amide bonds. The molecule has 0 aromatic carbocycles. The van der Waals surface area contributed by atoms with Gasteiger partial charge in [-0.15, -0.1) is 0 Å². The summed E-state index contributed by atoms with van der Waals surface area (Å²) < 4.78 is 0. The third-order valence-corrected chi connectivity index (χ3v) is 3.17. The Bertz CT molecular complexity index is 223. The van der Waals surface area contributed by atoms with E-state index >= 15 is 0 Å². The number of carbonyl (C=O) groups is 1. The highest BCUT2D eigenvalue weighted by atomic mass is 16.3. The smallest absolute Gasteiger partial charge is 0.236 e. The lowest BCUT2D eigenvalue weighted by Gasteiger charge is -2.25. The minimum atomic E-state index is 0.119. The summed E-state index contributed by atoms with van der Waals surface area (Å²) in [6.45, 7) is 2.82. The van der Waals surface area contributed by atoms with Gasteiger partial charge in [0.15, 0.2) is 0 Å². The number of carbonyl (C=O) groups excluding carboxylic acids is 1. The second-order valence-electron chi connectivity index (χ2n) is 4.41. The van der Waals surface area contributed by atoms with E-state index in [0.29, 0.717) is 19.6 Å². The van der Waals surface area contributed by atoms with Crippen molar-refractivity contribution in [3.05, 3.63) is 0 Å². The number of hydrogen-bond donors (Lipinski definition) is 2. The minimum absolute atomic E-state index is 0.119. The van der Waals surface area contributed by atoms with Crippen molar-refractivity contribution in [3.8, 4) is 0 Å². The summed E-state index contributed by atoms with van der Waals surface area (Å²) in [5, 5.41) is 9.15. The van der Waals surface area contributed by atoms with E-state index in [9.17, 15) is 4.79 Å². The second kappa shape index (κ2) is 6.83. The highest BCUT2D eigenvalue weighted by Gasteiger charge is 2.26. The Morgan fingerprint density at radius 1 is 1.62 bits per heavy atom. The van der Waals surface area contributed by atoms with Crippen LogP contribution in [0.15, 0.2) is 0 Å². The first-order valence-electron chi connectivity index (χ1n) is 5.98. The third-order valence-electron chi connectivity index (χ3n) is 3.17. The van der Waals surface area contributed by atoms with Crippen LogP contribution in [0.5, 0.6) is 0 Å². The van der Waals surface area contributed by atoms with E-state index in [2.05, 4.69) is 4.90 Å². The van der Waals surface area contributed by atoms with Crippen molar-refractivity contribution in [1.29, 1.82) is 0 Å². The number of likely N-dealkylation sites (tertiary alicyclic amines) is 1. The SMILES string of the molecule is CN(CCCN)C(=O)CN1CCCC1CO. The largest absolute Gasteiger partial charge is 0.395 e. The number of rotatable bonds is 6. The number of nitrogens with zero attached hydrogens (tertiary/aromatic N) is 2. The lowest BCUT2D eigenvalue weighted by molar-refractivity contribution is -0.131. The molecule has 16 heavy (non-hydrogen) atoms. The van der Waals surface area contributed by atoms with E-state index in [4.69, 9.17) is 10.8 Å². The van der Waals surface area contributed by atoms with Crippen molar-refractivity contribution in [2.45, 2.75) is 25.3 Å². The standard InChI is InChI=1S/C11H23N3O2/c1-13(6-3-5-12)11(16)8-14-7-2-4-10(14)9-15/h10,15H,2-9,12H2,1H3. The number of aliphatic hydroxyl groups excluding tert-OH is 1. The van der Waals surface area contributed by atoms with E-state index in [1.165, 1.54) is 0 Å². The normalized spacial score (nSPS) is 21.3. The van der Waals surface area contributed by atoms with E-state index in [0.717, 1.165) is 25.8 Å². The Morgan fingerprint density at radius 2 is 2.38 bits per heavy atom. The maximum absolute atomic E-state index is 11.8. The van der Waals surface area contributed by atoms with Crippen LogP contribution in [-0.2, 0) is 4.79 Å². The zero-order chi connectivity index (χ0) is 12.0. The van der Waals surface area contributed by atoms with Crippen molar-refractivity contribution in [2.24, 2.45) is 5.73 Å². The third kappa shape index (κ3) is 3.73. The number of likely N-dealkylation sites (N-methyl/N-ethyl adjacent to an activating group) is 1. The van der Waals surface area contributed by atoms with Gasteiger partial charge in [-0.05, 0) is 32.4 Å². The lowest BCUT2D eigenvalue weighted by atomic mass is 10.2. The van der Waals surface area contributed by atoms with Crippen molar-refractivity contribution in [3.63, 3.8) is 0 Å². The average molecular weight is 229 g/mol. The molecule has 1 aliphatic rings. The molecule has 0 saturated carbocycles. The van der Waals surface area contributed by atoms with Gasteiger partial charge in [-0.25, -0.2) is 0 Å². The summed E-state index contributed by atoms with van der Waals surface area (Å²) in [6.07, 6.45) is 2.91. The predicted molar refractivity (Wildman–Crippen MR) is 63.0 cm³/mol. The molecule has 5 heteroatoms. The summed E-state index contributed by atoms with van der Waals surface area (Å²) in [6, 6.07) is 0.173. The lowest BCUT2D eigenvalue weighted by Crippen LogP contribution is -2.42. The Labute approximate surface area is 97.2 Å². The first-order valence-corrected chi connectivity index (χ1v) is 5.98. The fourth-order valence-electron chi connectivity index (χ4n) is 2.06. The molecular weight excluding hydrogens is 206 g/mol. The molecule has 0 spiro atoms. The maximum Gasteiger partial charge on any atom is 0.236 e. The first kappa shape index (κ1) is 13.4. The molecule has 1 fully saturated rings. The molecule has 1 unspecified atom stereocenters. The first-order chi connectivity index (χ1) is 7.69. The van der Waals surface area contributed by atoms with Crippen LogP contribution in [0.2, 0.25) is 0 Å². The zero-order valence-corrected chi connectivity index (χ0v) is 10.1. The molecule has 0 aliphatic carbocycles. The average Bonchev–Trinajstić information content (AvgIpc) is 2.72. The summed E-state index contributed by atoms with van der Waals surface area (Å²) in [7, 11) is 1.81. The van der Waals surface area contributed by atoms with Crippen molar-refractivity contribution in [2.75, 3.05) is 39.8 Å². The molecule has 1 aliphatic heterocycles. The molecule has 0 radical (unpaired) electrons. The van der Waals surface area contributed by atoms with Gasteiger partial charge in [0.25, 0.3) is 0 Å². The van der Waals surface area contributed by atoms with Gasteiger partial charge in [0.1, 0.15) is 0 Å². The highest BCUT2D eigenvalue weighted by molar-refractivity contribution is 5.78. The molecule has 94 valence electrons. The van der Waals surface area contributed by atoms with Crippen LogP contribution in [0.3, 0.4) is 0 Å². The van der Waals surface area contributed by atoms with Crippen LogP contribution >= 0.6 is 0 Å². The summed E-state index contributed by atoms with van der Waals surface area (Å²) in [5.41, 5.74) is 5.40. The zero-order valence-electron chi connectivity index (χ0n) is 10.1. The fraction of sp³-hybridized carbons (Fsp3) is 0.909. The van der Waals surface area contributed by atoms with E-state index < -0.39 is 0 Å². The van der Waals surface area contributed by atoms with Crippen molar-refractivity contribution < 1.29 is 9.90 Å². The molecule has 0 bridgehead atoms. The van der Waals surface area contributed by atoms with Crippen LogP contribution in [-0.4, -0.2) is 66.7 Å². The van der Waals surface area contributed by atoms with E-state index in [-0.39, 0.29) is 18.6 Å². The quantitative estimate of drug-likeness (QED) is 0.629. The highest BCUT2D eigenvalue weighted by Crippen LogP contribution is 2.16. The fourth-order valence-corrected chi connectivity index (χ4v) is 2.06. The number of nitrogens with two attached hydrogens (primary N) is 1. The summed E-state index contributed by atoms with van der Waals surface area (Å²) in [4.78, 5) is 15.6. The number of amides is 1. The Kier molecular flexibility index (Phi) is 5.73. The molecule has 1 heterocycles. The van der Waals surface area contributed by atoms with Gasteiger partial charge in [-0.2, -0.15) is 0 Å². The van der Waals surface area contributed by atoms with Gasteiger partial charge < -0.3 is 15.7 Å². The van der Waals surface area contributed by atoms with Crippen LogP contribution in [0.4, 0.5) is 0 Å². The van der Waals surface area contributed by atoms with Crippen LogP contribution < -0.4 is 5.73 Å². The molecular formula is C11H23N3O2. The molecule has 3 N–H and O–H groups in total. The molecule has 0 aromatic heterocycles. The summed E-state index contributed by atoms with van der Waals surface area (Å²) in [5.74, 6) is 0.119. The van der Waals surface area contributed by atoms with Gasteiger partial charge in [0.05, 0.1) is 13.2 Å².